The summed E-state index contributed by atoms with van der Waals surface area (Å²) < 4.78 is 5.20. The van der Waals surface area contributed by atoms with Crippen molar-refractivity contribution < 1.29 is 14.8 Å². The van der Waals surface area contributed by atoms with Crippen LogP contribution >= 0.6 is 12.4 Å². The molecule has 0 saturated carbocycles. The van der Waals surface area contributed by atoms with E-state index in [-0.39, 0.29) is 20.1 Å². The van der Waals surface area contributed by atoms with Gasteiger partial charge < -0.3 is 14.8 Å². The van der Waals surface area contributed by atoms with Gasteiger partial charge in [0.2, 0.25) is 0 Å². The number of hydrogen-bond acceptors (Lipinski definition) is 4. The first-order valence-corrected chi connectivity index (χ1v) is 4.25. The van der Waals surface area contributed by atoms with Crippen molar-refractivity contribution in [3.8, 4) is 0 Å². The molecule has 0 aromatic rings. The smallest absolute Gasteiger partial charge is 0.429 e. The van der Waals surface area contributed by atoms with Crippen LogP contribution in [0, 0.1) is 0 Å². The van der Waals surface area contributed by atoms with Crippen LogP contribution in [0.5, 0.6) is 0 Å². The van der Waals surface area contributed by atoms with Crippen LogP contribution in [0.25, 0.3) is 0 Å². The second-order valence-corrected chi connectivity index (χ2v) is 2.57. The lowest BCUT2D eigenvalue weighted by Gasteiger charge is -2.25. The van der Waals surface area contributed by atoms with Crippen LogP contribution < -0.4 is 0 Å². The Hall–Kier alpha value is 0.195. The van der Waals surface area contributed by atoms with Gasteiger partial charge in [-0.15, -0.1) is 12.4 Å². The first-order chi connectivity index (χ1) is 5.85. The quantitative estimate of drug-likeness (QED) is 0.612. The molecule has 1 fully saturated rings. The maximum atomic E-state index is 7.00. The zero-order valence-electron chi connectivity index (χ0n) is 7.98. The van der Waals surface area contributed by atoms with Crippen molar-refractivity contribution in [1.29, 1.82) is 0 Å². The molecule has 2 N–H and O–H groups in total. The van der Waals surface area contributed by atoms with Gasteiger partial charge in [-0.3, -0.25) is 4.90 Å². The number of ether oxygens (including phenoxy) is 1. The van der Waals surface area contributed by atoms with E-state index < -0.39 is 0 Å². The Labute approximate surface area is 86.6 Å². The SMILES string of the molecule is CCCN1CCOCC1.Cl.O[B]O. The van der Waals surface area contributed by atoms with Crippen LogP contribution in [-0.2, 0) is 4.74 Å². The second kappa shape index (κ2) is 12.2. The molecule has 1 heterocycles. The molecule has 0 unspecified atom stereocenters. The highest BCUT2D eigenvalue weighted by atomic mass is 35.5. The molecule has 13 heavy (non-hydrogen) atoms. The topological polar surface area (TPSA) is 52.9 Å². The predicted molar refractivity (Wildman–Crippen MR) is 55.0 cm³/mol. The molecule has 6 heteroatoms. The van der Waals surface area contributed by atoms with E-state index in [4.69, 9.17) is 14.8 Å². The van der Waals surface area contributed by atoms with Crippen molar-refractivity contribution in [2.45, 2.75) is 13.3 Å². The summed E-state index contributed by atoms with van der Waals surface area (Å²) in [5, 5.41) is 14.0. The van der Waals surface area contributed by atoms with E-state index in [2.05, 4.69) is 11.8 Å². The minimum Gasteiger partial charge on any atom is -0.429 e. The number of rotatable bonds is 2. The first kappa shape index (κ1) is 15.7. The highest BCUT2D eigenvalue weighted by molar-refractivity contribution is 6.13. The Morgan fingerprint density at radius 2 is 1.77 bits per heavy atom. The fraction of sp³-hybridized carbons (Fsp3) is 1.00. The zero-order valence-corrected chi connectivity index (χ0v) is 8.79. The third-order valence-electron chi connectivity index (χ3n) is 1.64. The highest BCUT2D eigenvalue weighted by Gasteiger charge is 2.07. The van der Waals surface area contributed by atoms with Gasteiger partial charge in [0.15, 0.2) is 0 Å². The van der Waals surface area contributed by atoms with Gasteiger partial charge in [-0.05, 0) is 13.0 Å². The van der Waals surface area contributed by atoms with E-state index in [1.807, 2.05) is 0 Å². The van der Waals surface area contributed by atoms with Crippen molar-refractivity contribution in [3.63, 3.8) is 0 Å². The van der Waals surface area contributed by atoms with Gasteiger partial charge in [-0.1, -0.05) is 6.92 Å². The number of halogens is 1. The summed E-state index contributed by atoms with van der Waals surface area (Å²) in [5.74, 6) is 0. The van der Waals surface area contributed by atoms with Crippen molar-refractivity contribution in [3.05, 3.63) is 0 Å². The van der Waals surface area contributed by atoms with Crippen LogP contribution in [0.15, 0.2) is 0 Å². The molecule has 0 amide bonds. The normalized spacial score (nSPS) is 16.5. The van der Waals surface area contributed by atoms with E-state index in [9.17, 15) is 0 Å². The van der Waals surface area contributed by atoms with Gasteiger partial charge in [0.25, 0.3) is 0 Å². The molecular weight excluding hydrogens is 192 g/mol. The maximum absolute atomic E-state index is 7.00. The predicted octanol–water partition coefficient (Wildman–Crippen LogP) is -0.344. The molecule has 1 saturated heterocycles. The Bertz CT molecular complexity index is 91.1. The van der Waals surface area contributed by atoms with E-state index >= 15 is 0 Å². The molecule has 0 aromatic carbocycles. The largest absolute Gasteiger partial charge is 0.482 e. The molecule has 79 valence electrons. The zero-order chi connectivity index (χ0) is 9.23. The van der Waals surface area contributed by atoms with Gasteiger partial charge in [0, 0.05) is 13.1 Å². The Morgan fingerprint density at radius 3 is 2.15 bits per heavy atom. The van der Waals surface area contributed by atoms with E-state index in [0.717, 1.165) is 26.3 Å². The third kappa shape index (κ3) is 10.1. The van der Waals surface area contributed by atoms with Gasteiger partial charge in [-0.25, -0.2) is 0 Å². The Morgan fingerprint density at radius 1 is 1.31 bits per heavy atom. The van der Waals surface area contributed by atoms with Gasteiger partial charge in [0.1, 0.15) is 0 Å². The van der Waals surface area contributed by atoms with E-state index in [1.165, 1.54) is 13.0 Å². The summed E-state index contributed by atoms with van der Waals surface area (Å²) in [5.41, 5.74) is 0. The summed E-state index contributed by atoms with van der Waals surface area (Å²) in [7, 11) is 0. The minimum absolute atomic E-state index is 0. The van der Waals surface area contributed by atoms with Crippen LogP contribution in [0.1, 0.15) is 13.3 Å². The monoisotopic (exact) mass is 210 g/mol. The van der Waals surface area contributed by atoms with Crippen LogP contribution in [0.3, 0.4) is 0 Å². The molecule has 1 rings (SSSR count). The Balaban J connectivity index is 0. The van der Waals surface area contributed by atoms with Crippen LogP contribution in [0.2, 0.25) is 0 Å². The standard InChI is InChI=1S/C7H15NO.BH2O2.ClH/c1-2-3-8-4-6-9-7-5-8;2-1-3;/h2-7H2,1H3;2-3H;1H. The molecule has 1 radical (unpaired) electrons. The lowest BCUT2D eigenvalue weighted by atomic mass is 10.4. The van der Waals surface area contributed by atoms with Crippen LogP contribution in [-0.4, -0.2) is 55.5 Å². The Kier molecular flexibility index (Phi) is 14.7. The fourth-order valence-corrected chi connectivity index (χ4v) is 1.14. The molecule has 1 aliphatic heterocycles. The summed E-state index contributed by atoms with van der Waals surface area (Å²) in [6.07, 6.45) is 1.26. The molecule has 1 aliphatic rings. The molecule has 0 bridgehead atoms. The van der Waals surface area contributed by atoms with Gasteiger partial charge >= 0.3 is 7.69 Å². The van der Waals surface area contributed by atoms with Gasteiger partial charge in [0.05, 0.1) is 13.2 Å². The van der Waals surface area contributed by atoms with Crippen molar-refractivity contribution in [2.24, 2.45) is 0 Å². The van der Waals surface area contributed by atoms with Crippen molar-refractivity contribution in [1.82, 2.24) is 4.90 Å². The first-order valence-electron chi connectivity index (χ1n) is 4.25. The number of morpholine rings is 1. The van der Waals surface area contributed by atoms with Crippen molar-refractivity contribution in [2.75, 3.05) is 32.8 Å². The van der Waals surface area contributed by atoms with E-state index in [1.54, 1.807) is 0 Å². The van der Waals surface area contributed by atoms with Crippen molar-refractivity contribution >= 4 is 20.1 Å². The van der Waals surface area contributed by atoms with Gasteiger partial charge in [-0.2, -0.15) is 0 Å². The maximum Gasteiger partial charge on any atom is 0.482 e. The fourth-order valence-electron chi connectivity index (χ4n) is 1.14. The second-order valence-electron chi connectivity index (χ2n) is 2.57. The number of nitrogens with zero attached hydrogens (tertiary/aromatic N) is 1. The average Bonchev–Trinajstić information content (AvgIpc) is 2.08. The summed E-state index contributed by atoms with van der Waals surface area (Å²) in [4.78, 5) is 2.45. The van der Waals surface area contributed by atoms with E-state index in [0.29, 0.717) is 0 Å². The number of hydrogen-bond donors (Lipinski definition) is 2. The molecule has 0 atom stereocenters. The summed E-state index contributed by atoms with van der Waals surface area (Å²) in [6, 6.07) is 0. The molecule has 0 aliphatic carbocycles. The summed E-state index contributed by atoms with van der Waals surface area (Å²) >= 11 is 0. The third-order valence-corrected chi connectivity index (χ3v) is 1.64. The summed E-state index contributed by atoms with van der Waals surface area (Å²) in [6.45, 7) is 7.58. The minimum atomic E-state index is 0. The molecule has 0 aromatic heterocycles. The average molecular weight is 210 g/mol. The highest BCUT2D eigenvalue weighted by Crippen LogP contribution is 1.96. The van der Waals surface area contributed by atoms with Crippen LogP contribution in [0.4, 0.5) is 0 Å². The lowest BCUT2D eigenvalue weighted by Crippen LogP contribution is -2.36. The molecule has 4 nitrogen and oxygen atoms in total. The molecule has 0 spiro atoms. The molecular formula is C7H18BClNO3. The lowest BCUT2D eigenvalue weighted by molar-refractivity contribution is 0.0380.